The predicted octanol–water partition coefficient (Wildman–Crippen LogP) is 3.29. The average Bonchev–Trinajstić information content (AvgIpc) is 2.36. The van der Waals surface area contributed by atoms with Crippen molar-refractivity contribution in [2.75, 3.05) is 13.2 Å². The van der Waals surface area contributed by atoms with Gasteiger partial charge in [-0.3, -0.25) is 4.79 Å². The predicted molar refractivity (Wildman–Crippen MR) is 81.3 cm³/mol. The van der Waals surface area contributed by atoms with Gasteiger partial charge in [0.25, 0.3) is 5.91 Å². The zero-order chi connectivity index (χ0) is 14.5. The molecule has 106 valence electrons. The first-order chi connectivity index (χ1) is 8.85. The lowest BCUT2D eigenvalue weighted by molar-refractivity contribution is 0.0932. The van der Waals surface area contributed by atoms with E-state index in [4.69, 9.17) is 5.11 Å². The number of benzene rings is 1. The topological polar surface area (TPSA) is 49.3 Å². The lowest BCUT2D eigenvalue weighted by atomic mass is 9.88. The van der Waals surface area contributed by atoms with E-state index in [0.717, 1.165) is 22.9 Å². The molecular weight excluding hydrogens is 306 g/mol. The van der Waals surface area contributed by atoms with E-state index in [-0.39, 0.29) is 17.9 Å². The van der Waals surface area contributed by atoms with Crippen LogP contribution in [0.2, 0.25) is 0 Å². The molecule has 0 saturated carbocycles. The fourth-order valence-electron chi connectivity index (χ4n) is 1.90. The van der Waals surface area contributed by atoms with Gasteiger partial charge in [-0.15, -0.1) is 0 Å². The number of halogens is 1. The van der Waals surface area contributed by atoms with Crippen LogP contribution in [0.15, 0.2) is 22.7 Å². The summed E-state index contributed by atoms with van der Waals surface area (Å²) in [6.45, 7) is 6.92. The van der Waals surface area contributed by atoms with E-state index in [0.29, 0.717) is 12.1 Å². The Bertz CT molecular complexity index is 444. The van der Waals surface area contributed by atoms with Crippen LogP contribution >= 0.6 is 15.9 Å². The van der Waals surface area contributed by atoms with E-state index in [2.05, 4.69) is 35.1 Å². The second kappa shape index (κ2) is 7.06. The zero-order valence-corrected chi connectivity index (χ0v) is 13.4. The van der Waals surface area contributed by atoms with E-state index >= 15 is 0 Å². The van der Waals surface area contributed by atoms with Crippen LogP contribution in [0.3, 0.4) is 0 Å². The molecule has 3 nitrogen and oxygen atoms in total. The minimum absolute atomic E-state index is 0.00168. The molecule has 0 aliphatic carbocycles. The number of nitrogens with one attached hydrogen (secondary N) is 1. The maximum Gasteiger partial charge on any atom is 0.251 e. The maximum absolute atomic E-state index is 12.2. The third-order valence-corrected chi connectivity index (χ3v) is 3.68. The summed E-state index contributed by atoms with van der Waals surface area (Å²) in [4.78, 5) is 12.2. The number of rotatable bonds is 6. The fourth-order valence-corrected chi connectivity index (χ4v) is 2.26. The zero-order valence-electron chi connectivity index (χ0n) is 11.8. The molecule has 0 unspecified atom stereocenters. The Morgan fingerprint density at radius 3 is 2.74 bits per heavy atom. The summed E-state index contributed by atoms with van der Waals surface area (Å²) < 4.78 is 0.905. The van der Waals surface area contributed by atoms with Crippen molar-refractivity contribution in [3.63, 3.8) is 0 Å². The molecule has 0 heterocycles. The van der Waals surface area contributed by atoms with Crippen LogP contribution in [0.5, 0.6) is 0 Å². The first-order valence-corrected chi connectivity index (χ1v) is 7.30. The van der Waals surface area contributed by atoms with Crippen molar-refractivity contribution in [1.29, 1.82) is 0 Å². The lowest BCUT2D eigenvalue weighted by Gasteiger charge is -2.24. The summed E-state index contributed by atoms with van der Waals surface area (Å²) in [6.07, 6.45) is 1.65. The molecule has 1 rings (SSSR count). The van der Waals surface area contributed by atoms with Gasteiger partial charge in [0.05, 0.1) is 0 Å². The van der Waals surface area contributed by atoms with E-state index in [9.17, 15) is 4.79 Å². The minimum atomic E-state index is -0.0455. The van der Waals surface area contributed by atoms with Gasteiger partial charge in [0.1, 0.15) is 0 Å². The van der Waals surface area contributed by atoms with Crippen molar-refractivity contribution in [3.8, 4) is 0 Å². The molecule has 0 aliphatic rings. The average molecular weight is 328 g/mol. The number of aryl methyl sites for hydroxylation is 1. The third-order valence-electron chi connectivity index (χ3n) is 3.18. The summed E-state index contributed by atoms with van der Waals surface area (Å²) in [5.41, 5.74) is 1.67. The Hall–Kier alpha value is -0.870. The Balaban J connectivity index is 2.62. The lowest BCUT2D eigenvalue weighted by Crippen LogP contribution is -2.34. The number of hydrogen-bond donors (Lipinski definition) is 2. The number of carbonyl (C=O) groups is 1. The van der Waals surface area contributed by atoms with Crippen molar-refractivity contribution < 1.29 is 9.90 Å². The van der Waals surface area contributed by atoms with Crippen LogP contribution in [-0.2, 0) is 0 Å². The molecule has 0 fully saturated rings. The summed E-state index contributed by atoms with van der Waals surface area (Å²) >= 11 is 3.38. The SMILES string of the molecule is Cc1ccc(Br)cc1C(=O)NCC(C)(C)CCCO. The molecule has 4 heteroatoms. The Morgan fingerprint density at radius 1 is 1.42 bits per heavy atom. The summed E-state index contributed by atoms with van der Waals surface area (Å²) in [5, 5.41) is 11.8. The molecule has 0 aromatic heterocycles. The number of carbonyl (C=O) groups excluding carboxylic acids is 1. The molecule has 0 radical (unpaired) electrons. The van der Waals surface area contributed by atoms with E-state index < -0.39 is 0 Å². The number of aliphatic hydroxyl groups excluding tert-OH is 1. The van der Waals surface area contributed by atoms with Crippen molar-refractivity contribution in [3.05, 3.63) is 33.8 Å². The fraction of sp³-hybridized carbons (Fsp3) is 0.533. The van der Waals surface area contributed by atoms with Crippen molar-refractivity contribution in [2.45, 2.75) is 33.6 Å². The van der Waals surface area contributed by atoms with Crippen LogP contribution in [0, 0.1) is 12.3 Å². The second-order valence-corrected chi connectivity index (χ2v) is 6.55. The molecular formula is C15H22BrNO2. The van der Waals surface area contributed by atoms with Gasteiger partial charge in [-0.1, -0.05) is 35.8 Å². The number of amides is 1. The van der Waals surface area contributed by atoms with Crippen molar-refractivity contribution >= 4 is 21.8 Å². The monoisotopic (exact) mass is 327 g/mol. The minimum Gasteiger partial charge on any atom is -0.396 e. The molecule has 2 N–H and O–H groups in total. The van der Waals surface area contributed by atoms with Crippen LogP contribution in [0.25, 0.3) is 0 Å². The quantitative estimate of drug-likeness (QED) is 0.842. The Morgan fingerprint density at radius 2 is 2.11 bits per heavy atom. The molecule has 1 aromatic carbocycles. The first kappa shape index (κ1) is 16.2. The highest BCUT2D eigenvalue weighted by atomic mass is 79.9. The van der Waals surface area contributed by atoms with Gasteiger partial charge in [-0.05, 0) is 42.9 Å². The molecule has 1 amide bonds. The van der Waals surface area contributed by atoms with Crippen molar-refractivity contribution in [1.82, 2.24) is 5.32 Å². The van der Waals surface area contributed by atoms with Gasteiger partial charge in [0.15, 0.2) is 0 Å². The van der Waals surface area contributed by atoms with E-state index in [1.165, 1.54) is 0 Å². The third kappa shape index (κ3) is 5.33. The molecule has 0 atom stereocenters. The molecule has 0 saturated heterocycles. The molecule has 0 aliphatic heterocycles. The maximum atomic E-state index is 12.2. The number of hydrogen-bond acceptors (Lipinski definition) is 2. The van der Waals surface area contributed by atoms with Gasteiger partial charge in [0, 0.05) is 23.2 Å². The molecule has 0 bridgehead atoms. The molecule has 19 heavy (non-hydrogen) atoms. The normalized spacial score (nSPS) is 11.4. The highest BCUT2D eigenvalue weighted by molar-refractivity contribution is 9.10. The standard InChI is InChI=1S/C15H22BrNO2/c1-11-5-6-12(16)9-13(11)14(19)17-10-15(2,3)7-4-8-18/h5-6,9,18H,4,7-8,10H2,1-3H3,(H,17,19). The Kier molecular flexibility index (Phi) is 6.01. The van der Waals surface area contributed by atoms with Gasteiger partial charge in [-0.2, -0.15) is 0 Å². The van der Waals surface area contributed by atoms with E-state index in [1.54, 1.807) is 0 Å². The Labute approximate surface area is 123 Å². The van der Waals surface area contributed by atoms with Crippen LogP contribution in [0.4, 0.5) is 0 Å². The highest BCUT2D eigenvalue weighted by Crippen LogP contribution is 2.21. The van der Waals surface area contributed by atoms with Gasteiger partial charge >= 0.3 is 0 Å². The van der Waals surface area contributed by atoms with Gasteiger partial charge in [0.2, 0.25) is 0 Å². The van der Waals surface area contributed by atoms with Crippen LogP contribution in [0.1, 0.15) is 42.6 Å². The molecule has 1 aromatic rings. The van der Waals surface area contributed by atoms with Crippen LogP contribution < -0.4 is 5.32 Å². The summed E-state index contributed by atoms with van der Waals surface area (Å²) in [5.74, 6) is -0.0455. The summed E-state index contributed by atoms with van der Waals surface area (Å²) in [6, 6.07) is 5.69. The highest BCUT2D eigenvalue weighted by Gasteiger charge is 2.19. The van der Waals surface area contributed by atoms with Gasteiger partial charge in [-0.25, -0.2) is 0 Å². The smallest absolute Gasteiger partial charge is 0.251 e. The van der Waals surface area contributed by atoms with Crippen molar-refractivity contribution in [2.24, 2.45) is 5.41 Å². The molecule has 0 spiro atoms. The van der Waals surface area contributed by atoms with E-state index in [1.807, 2.05) is 25.1 Å². The van der Waals surface area contributed by atoms with Gasteiger partial charge < -0.3 is 10.4 Å². The second-order valence-electron chi connectivity index (χ2n) is 5.63. The first-order valence-electron chi connectivity index (χ1n) is 6.51. The number of aliphatic hydroxyl groups is 1. The summed E-state index contributed by atoms with van der Waals surface area (Å²) in [7, 11) is 0. The van der Waals surface area contributed by atoms with Crippen LogP contribution in [-0.4, -0.2) is 24.2 Å². The largest absolute Gasteiger partial charge is 0.396 e.